The van der Waals surface area contributed by atoms with Crippen LogP contribution in [0.5, 0.6) is 5.75 Å². The number of hydrogen-bond donors (Lipinski definition) is 1. The zero-order chi connectivity index (χ0) is 24.6. The fraction of sp³-hybridized carbons (Fsp3) is 0.429. The highest BCUT2D eigenvalue weighted by molar-refractivity contribution is 6.46. The second kappa shape index (κ2) is 9.63. The molecule has 2 aliphatic heterocycles. The first-order chi connectivity index (χ1) is 16.2. The van der Waals surface area contributed by atoms with Gasteiger partial charge in [0.15, 0.2) is 0 Å². The molecule has 2 aromatic carbocycles. The average Bonchev–Trinajstić information content (AvgIpc) is 3.29. The third-order valence-corrected chi connectivity index (χ3v) is 6.63. The van der Waals surface area contributed by atoms with Crippen LogP contribution in [0.4, 0.5) is 0 Å². The van der Waals surface area contributed by atoms with Crippen LogP contribution in [0.3, 0.4) is 0 Å². The highest BCUT2D eigenvalue weighted by Crippen LogP contribution is 2.41. The Balaban J connectivity index is 1.77. The minimum atomic E-state index is -0.634. The van der Waals surface area contributed by atoms with Gasteiger partial charge >= 0.3 is 0 Å². The van der Waals surface area contributed by atoms with Crippen LogP contribution in [0.15, 0.2) is 48.0 Å². The molecule has 1 N–H and O–H groups in total. The van der Waals surface area contributed by atoms with Crippen molar-refractivity contribution in [1.29, 1.82) is 0 Å². The SMILES string of the molecule is CC1Cc2cc(/C(O)=C3/C(=O)C(=O)N(CCCN(C)C)C3c3ccc(C(C)C)cc3)ccc2O1. The number of aliphatic hydroxyl groups excluding tert-OH is 1. The molecule has 1 saturated heterocycles. The maximum absolute atomic E-state index is 13.2. The number of rotatable bonds is 7. The number of Topliss-reactive ketones (excluding diaryl/α,β-unsaturated/α-hetero) is 1. The normalized spacial score (nSPS) is 21.4. The molecular weight excluding hydrogens is 428 g/mol. The second-order valence-corrected chi connectivity index (χ2v) is 9.93. The van der Waals surface area contributed by atoms with Gasteiger partial charge < -0.3 is 19.6 Å². The number of aliphatic hydroxyl groups is 1. The molecule has 6 heteroatoms. The number of amides is 1. The average molecular weight is 463 g/mol. The maximum Gasteiger partial charge on any atom is 0.295 e. The fourth-order valence-electron chi connectivity index (χ4n) is 4.80. The highest BCUT2D eigenvalue weighted by Gasteiger charge is 2.45. The number of fused-ring (bicyclic) bond motifs is 1. The molecule has 1 fully saturated rings. The molecular formula is C28H34N2O4. The van der Waals surface area contributed by atoms with Crippen LogP contribution >= 0.6 is 0 Å². The van der Waals surface area contributed by atoms with Crippen molar-refractivity contribution in [2.24, 2.45) is 0 Å². The third-order valence-electron chi connectivity index (χ3n) is 6.63. The highest BCUT2D eigenvalue weighted by atomic mass is 16.5. The van der Waals surface area contributed by atoms with Crippen molar-refractivity contribution < 1.29 is 19.4 Å². The fourth-order valence-corrected chi connectivity index (χ4v) is 4.80. The molecule has 0 saturated carbocycles. The number of nitrogens with zero attached hydrogens (tertiary/aromatic N) is 2. The Morgan fingerprint density at radius 1 is 1.15 bits per heavy atom. The second-order valence-electron chi connectivity index (χ2n) is 9.93. The topological polar surface area (TPSA) is 70.1 Å². The molecule has 0 radical (unpaired) electrons. The first-order valence-electron chi connectivity index (χ1n) is 12.0. The summed E-state index contributed by atoms with van der Waals surface area (Å²) in [6, 6.07) is 12.8. The number of carbonyl (C=O) groups excluding carboxylic acids is 2. The van der Waals surface area contributed by atoms with Crippen molar-refractivity contribution in [3.8, 4) is 5.75 Å². The van der Waals surface area contributed by atoms with Crippen molar-refractivity contribution in [1.82, 2.24) is 9.80 Å². The predicted octanol–water partition coefficient (Wildman–Crippen LogP) is 4.51. The van der Waals surface area contributed by atoms with Gasteiger partial charge in [-0.15, -0.1) is 0 Å². The van der Waals surface area contributed by atoms with Crippen LogP contribution in [0.1, 0.15) is 61.4 Å². The van der Waals surface area contributed by atoms with Gasteiger partial charge in [-0.25, -0.2) is 0 Å². The summed E-state index contributed by atoms with van der Waals surface area (Å²) >= 11 is 0. The zero-order valence-electron chi connectivity index (χ0n) is 20.7. The summed E-state index contributed by atoms with van der Waals surface area (Å²) in [5.74, 6) is -0.152. The minimum Gasteiger partial charge on any atom is -0.507 e. The number of hydrogen-bond acceptors (Lipinski definition) is 5. The maximum atomic E-state index is 13.2. The van der Waals surface area contributed by atoms with Gasteiger partial charge in [0.25, 0.3) is 11.7 Å². The van der Waals surface area contributed by atoms with E-state index in [4.69, 9.17) is 4.74 Å². The first-order valence-corrected chi connectivity index (χ1v) is 12.0. The van der Waals surface area contributed by atoms with E-state index in [-0.39, 0.29) is 17.4 Å². The van der Waals surface area contributed by atoms with Gasteiger partial charge in [-0.05, 0) is 74.8 Å². The van der Waals surface area contributed by atoms with Crippen LogP contribution in [-0.4, -0.2) is 59.9 Å². The minimum absolute atomic E-state index is 0.0779. The Bertz CT molecular complexity index is 1120. The number of ether oxygens (including phenoxy) is 1. The molecule has 2 atom stereocenters. The van der Waals surface area contributed by atoms with E-state index in [9.17, 15) is 14.7 Å². The van der Waals surface area contributed by atoms with E-state index >= 15 is 0 Å². The lowest BCUT2D eigenvalue weighted by molar-refractivity contribution is -0.139. The van der Waals surface area contributed by atoms with Crippen molar-refractivity contribution in [3.05, 3.63) is 70.3 Å². The first kappa shape index (κ1) is 24.0. The number of ketones is 1. The molecule has 2 aromatic rings. The molecule has 6 nitrogen and oxygen atoms in total. The Morgan fingerprint density at radius 2 is 1.85 bits per heavy atom. The zero-order valence-corrected chi connectivity index (χ0v) is 20.7. The Hall–Kier alpha value is -3.12. The van der Waals surface area contributed by atoms with E-state index in [1.54, 1.807) is 11.0 Å². The Labute approximate surface area is 201 Å². The molecule has 0 spiro atoms. The number of likely N-dealkylation sites (tertiary alicyclic amines) is 1. The van der Waals surface area contributed by atoms with Gasteiger partial charge in [0.1, 0.15) is 17.6 Å². The van der Waals surface area contributed by atoms with Crippen LogP contribution in [-0.2, 0) is 16.0 Å². The van der Waals surface area contributed by atoms with Crippen molar-refractivity contribution in [3.63, 3.8) is 0 Å². The van der Waals surface area contributed by atoms with Gasteiger partial charge in [-0.3, -0.25) is 9.59 Å². The van der Waals surface area contributed by atoms with Gasteiger partial charge in [0.05, 0.1) is 11.6 Å². The van der Waals surface area contributed by atoms with Gasteiger partial charge in [0, 0.05) is 18.5 Å². The standard InChI is InChI=1S/C28H34N2O4/c1-17(2)19-7-9-20(10-8-19)25-24(27(32)28(33)30(25)14-6-13-29(4)5)26(31)21-11-12-23-22(16-21)15-18(3)34-23/h7-12,16-18,25,31H,6,13-15H2,1-5H3/b26-24-. The summed E-state index contributed by atoms with van der Waals surface area (Å²) in [4.78, 5) is 30.0. The Kier molecular flexibility index (Phi) is 6.80. The molecule has 34 heavy (non-hydrogen) atoms. The van der Waals surface area contributed by atoms with Crippen LogP contribution in [0.25, 0.3) is 5.76 Å². The van der Waals surface area contributed by atoms with Gasteiger partial charge in [0.2, 0.25) is 0 Å². The molecule has 0 aliphatic carbocycles. The van der Waals surface area contributed by atoms with E-state index in [1.165, 1.54) is 5.56 Å². The van der Waals surface area contributed by atoms with Gasteiger partial charge in [-0.2, -0.15) is 0 Å². The largest absolute Gasteiger partial charge is 0.507 e. The summed E-state index contributed by atoms with van der Waals surface area (Å²) in [6.45, 7) is 7.48. The number of carbonyl (C=O) groups is 2. The molecule has 2 aliphatic rings. The summed E-state index contributed by atoms with van der Waals surface area (Å²) < 4.78 is 5.78. The molecule has 180 valence electrons. The van der Waals surface area contributed by atoms with E-state index < -0.39 is 17.7 Å². The summed E-state index contributed by atoms with van der Waals surface area (Å²) in [6.07, 6.45) is 1.55. The van der Waals surface area contributed by atoms with Crippen molar-refractivity contribution >= 4 is 17.4 Å². The van der Waals surface area contributed by atoms with Crippen LogP contribution in [0, 0.1) is 0 Å². The lowest BCUT2D eigenvalue weighted by atomic mass is 9.92. The summed E-state index contributed by atoms with van der Waals surface area (Å²) in [5.41, 5.74) is 3.69. The molecule has 2 heterocycles. The van der Waals surface area contributed by atoms with E-state index in [2.05, 4.69) is 18.7 Å². The van der Waals surface area contributed by atoms with Crippen LogP contribution < -0.4 is 4.74 Å². The van der Waals surface area contributed by atoms with E-state index in [0.29, 0.717) is 18.0 Å². The Morgan fingerprint density at radius 3 is 2.50 bits per heavy atom. The lowest BCUT2D eigenvalue weighted by Crippen LogP contribution is -2.32. The van der Waals surface area contributed by atoms with E-state index in [1.807, 2.05) is 57.4 Å². The molecule has 0 bridgehead atoms. The predicted molar refractivity (Wildman–Crippen MR) is 133 cm³/mol. The summed E-state index contributed by atoms with van der Waals surface area (Å²) in [5, 5.41) is 11.3. The third kappa shape index (κ3) is 4.60. The van der Waals surface area contributed by atoms with Crippen molar-refractivity contribution in [2.45, 2.75) is 51.7 Å². The lowest BCUT2D eigenvalue weighted by Gasteiger charge is -2.26. The smallest absolute Gasteiger partial charge is 0.295 e. The molecule has 2 unspecified atom stereocenters. The van der Waals surface area contributed by atoms with Gasteiger partial charge in [-0.1, -0.05) is 38.1 Å². The van der Waals surface area contributed by atoms with E-state index in [0.717, 1.165) is 36.3 Å². The molecule has 0 aromatic heterocycles. The number of benzene rings is 2. The molecule has 4 rings (SSSR count). The van der Waals surface area contributed by atoms with Crippen LogP contribution in [0.2, 0.25) is 0 Å². The monoisotopic (exact) mass is 462 g/mol. The quantitative estimate of drug-likeness (QED) is 0.373. The van der Waals surface area contributed by atoms with Crippen molar-refractivity contribution in [2.75, 3.05) is 27.2 Å². The molecule has 1 amide bonds. The summed E-state index contributed by atoms with van der Waals surface area (Å²) in [7, 11) is 3.96.